The minimum atomic E-state index is -3.25. The maximum Gasteiger partial charge on any atom is 0.156 e. The molecule has 0 saturated heterocycles. The molecule has 0 aliphatic heterocycles. The van der Waals surface area contributed by atoms with Crippen LogP contribution in [0.5, 0.6) is 0 Å². The lowest BCUT2D eigenvalue weighted by Gasteiger charge is -2.06. The van der Waals surface area contributed by atoms with Gasteiger partial charge in [-0.1, -0.05) is 29.3 Å². The van der Waals surface area contributed by atoms with Crippen LogP contribution in [-0.2, 0) is 20.3 Å². The second-order valence-electron chi connectivity index (χ2n) is 3.68. The first-order chi connectivity index (χ1) is 8.44. The van der Waals surface area contributed by atoms with Crippen LogP contribution in [0.2, 0.25) is 10.0 Å². The summed E-state index contributed by atoms with van der Waals surface area (Å²) in [4.78, 5) is 0. The second kappa shape index (κ2) is 7.31. The molecule has 18 heavy (non-hydrogen) atoms. The highest BCUT2D eigenvalue weighted by Gasteiger charge is 2.12. The number of halogens is 2. The van der Waals surface area contributed by atoms with Crippen molar-refractivity contribution < 1.29 is 18.3 Å². The molecule has 0 fully saturated rings. The number of rotatable bonds is 7. The highest BCUT2D eigenvalue weighted by Crippen LogP contribution is 2.23. The van der Waals surface area contributed by atoms with Crippen LogP contribution >= 0.6 is 23.2 Å². The summed E-state index contributed by atoms with van der Waals surface area (Å²) in [5, 5.41) is 9.21. The molecule has 7 heteroatoms. The minimum Gasteiger partial charge on any atom is -0.394 e. The zero-order valence-corrected chi connectivity index (χ0v) is 11.9. The zero-order valence-electron chi connectivity index (χ0n) is 9.60. The van der Waals surface area contributed by atoms with Gasteiger partial charge in [0.05, 0.1) is 41.4 Å². The maximum absolute atomic E-state index is 11.7. The third kappa shape index (κ3) is 5.54. The van der Waals surface area contributed by atoms with Gasteiger partial charge in [0.15, 0.2) is 9.84 Å². The average molecular weight is 313 g/mol. The molecule has 0 saturated carbocycles. The Morgan fingerprint density at radius 2 is 1.89 bits per heavy atom. The second-order valence-corrected chi connectivity index (χ2v) is 6.67. The van der Waals surface area contributed by atoms with Gasteiger partial charge in [-0.2, -0.15) is 0 Å². The van der Waals surface area contributed by atoms with Crippen molar-refractivity contribution in [2.24, 2.45) is 0 Å². The van der Waals surface area contributed by atoms with E-state index >= 15 is 0 Å². The Hall–Kier alpha value is -0.330. The highest BCUT2D eigenvalue weighted by molar-refractivity contribution is 7.90. The van der Waals surface area contributed by atoms with Gasteiger partial charge < -0.3 is 9.84 Å². The molecule has 0 amide bonds. The van der Waals surface area contributed by atoms with Crippen molar-refractivity contribution in [2.75, 3.05) is 25.6 Å². The summed E-state index contributed by atoms with van der Waals surface area (Å²) >= 11 is 11.6. The molecular formula is C11H14Cl2O4S. The third-order valence-corrected chi connectivity index (χ3v) is 4.45. The van der Waals surface area contributed by atoms with Crippen molar-refractivity contribution in [1.82, 2.24) is 0 Å². The van der Waals surface area contributed by atoms with Gasteiger partial charge >= 0.3 is 0 Å². The molecule has 0 aliphatic rings. The molecular weight excluding hydrogens is 299 g/mol. The lowest BCUT2D eigenvalue weighted by molar-refractivity contribution is 0.103. The van der Waals surface area contributed by atoms with Gasteiger partial charge in [-0.05, 0) is 17.7 Å². The molecule has 1 aromatic rings. The van der Waals surface area contributed by atoms with Crippen molar-refractivity contribution in [3.63, 3.8) is 0 Å². The van der Waals surface area contributed by atoms with E-state index in [1.54, 1.807) is 12.1 Å². The van der Waals surface area contributed by atoms with Crippen LogP contribution in [0.1, 0.15) is 5.56 Å². The number of hydrogen-bond acceptors (Lipinski definition) is 4. The van der Waals surface area contributed by atoms with E-state index in [1.807, 2.05) is 0 Å². The largest absolute Gasteiger partial charge is 0.394 e. The van der Waals surface area contributed by atoms with E-state index in [4.69, 9.17) is 33.0 Å². The molecule has 0 atom stereocenters. The summed E-state index contributed by atoms with van der Waals surface area (Å²) in [6.45, 7) is 0.0966. The molecule has 0 heterocycles. The van der Waals surface area contributed by atoms with Gasteiger partial charge in [-0.25, -0.2) is 8.42 Å². The SMILES string of the molecule is O=S(=O)(CCOCCO)Cc1ccc(Cl)c(Cl)c1. The summed E-state index contributed by atoms with van der Waals surface area (Å²) in [6.07, 6.45) is 0. The molecule has 1 rings (SSSR count). The van der Waals surface area contributed by atoms with Crippen molar-refractivity contribution in [2.45, 2.75) is 5.75 Å². The van der Waals surface area contributed by atoms with Crippen molar-refractivity contribution >= 4 is 33.0 Å². The smallest absolute Gasteiger partial charge is 0.156 e. The molecule has 0 unspecified atom stereocenters. The molecule has 0 bridgehead atoms. The van der Waals surface area contributed by atoms with Gasteiger partial charge in [-0.3, -0.25) is 0 Å². The van der Waals surface area contributed by atoms with Crippen molar-refractivity contribution in [3.05, 3.63) is 33.8 Å². The fourth-order valence-corrected chi connectivity index (χ4v) is 2.83. The summed E-state index contributed by atoms with van der Waals surface area (Å²) in [5.74, 6) is -0.195. The summed E-state index contributed by atoms with van der Waals surface area (Å²) in [6, 6.07) is 4.73. The lowest BCUT2D eigenvalue weighted by atomic mass is 10.2. The lowest BCUT2D eigenvalue weighted by Crippen LogP contribution is -2.15. The Labute approximate surface area is 116 Å². The Bertz CT molecular complexity index is 488. The van der Waals surface area contributed by atoms with Crippen LogP contribution in [0.25, 0.3) is 0 Å². The van der Waals surface area contributed by atoms with Gasteiger partial charge in [0.2, 0.25) is 0 Å². The van der Waals surface area contributed by atoms with Crippen LogP contribution in [-0.4, -0.2) is 39.1 Å². The fraction of sp³-hybridized carbons (Fsp3) is 0.455. The van der Waals surface area contributed by atoms with E-state index in [9.17, 15) is 8.42 Å². The molecule has 0 aliphatic carbocycles. The van der Waals surface area contributed by atoms with E-state index in [0.29, 0.717) is 15.6 Å². The predicted molar refractivity (Wildman–Crippen MR) is 71.9 cm³/mol. The maximum atomic E-state index is 11.7. The number of aliphatic hydroxyl groups is 1. The molecule has 4 nitrogen and oxygen atoms in total. The molecule has 1 N–H and O–H groups in total. The Kier molecular flexibility index (Phi) is 6.38. The third-order valence-electron chi connectivity index (χ3n) is 2.14. The normalized spacial score (nSPS) is 11.7. The topological polar surface area (TPSA) is 63.6 Å². The quantitative estimate of drug-likeness (QED) is 0.781. The number of sulfone groups is 1. The standard InChI is InChI=1S/C11H14Cl2O4S/c12-10-2-1-9(7-11(10)13)8-18(15,16)6-5-17-4-3-14/h1-2,7,14H,3-6,8H2. The molecule has 0 spiro atoms. The van der Waals surface area contributed by atoms with Crippen LogP contribution in [0, 0.1) is 0 Å². The van der Waals surface area contributed by atoms with E-state index in [2.05, 4.69) is 0 Å². The molecule has 1 aromatic carbocycles. The molecule has 0 aromatic heterocycles. The number of ether oxygens (including phenoxy) is 1. The number of benzene rings is 1. The number of aliphatic hydroxyl groups excluding tert-OH is 1. The zero-order chi connectivity index (χ0) is 13.6. The summed E-state index contributed by atoms with van der Waals surface area (Å²) in [5.41, 5.74) is 0.589. The van der Waals surface area contributed by atoms with Gasteiger partial charge in [0.1, 0.15) is 0 Å². The van der Waals surface area contributed by atoms with E-state index in [-0.39, 0.29) is 31.3 Å². The van der Waals surface area contributed by atoms with Crippen LogP contribution in [0.3, 0.4) is 0 Å². The van der Waals surface area contributed by atoms with Crippen molar-refractivity contribution in [1.29, 1.82) is 0 Å². The van der Waals surface area contributed by atoms with Crippen LogP contribution < -0.4 is 0 Å². The molecule has 102 valence electrons. The van der Waals surface area contributed by atoms with E-state index < -0.39 is 9.84 Å². The highest BCUT2D eigenvalue weighted by atomic mass is 35.5. The first-order valence-corrected chi connectivity index (χ1v) is 7.85. The first kappa shape index (κ1) is 15.7. The van der Waals surface area contributed by atoms with Crippen LogP contribution in [0.4, 0.5) is 0 Å². The summed E-state index contributed by atoms with van der Waals surface area (Å²) < 4.78 is 28.4. The van der Waals surface area contributed by atoms with Gasteiger partial charge in [0.25, 0.3) is 0 Å². The Morgan fingerprint density at radius 3 is 2.50 bits per heavy atom. The van der Waals surface area contributed by atoms with Crippen molar-refractivity contribution in [3.8, 4) is 0 Å². The first-order valence-electron chi connectivity index (χ1n) is 5.27. The fourth-order valence-electron chi connectivity index (χ4n) is 1.31. The Balaban J connectivity index is 2.56. The predicted octanol–water partition coefficient (Wildman–Crippen LogP) is 1.92. The minimum absolute atomic E-state index is 0.0736. The van der Waals surface area contributed by atoms with Gasteiger partial charge in [0, 0.05) is 0 Å². The van der Waals surface area contributed by atoms with E-state index in [0.717, 1.165) is 0 Å². The van der Waals surface area contributed by atoms with E-state index in [1.165, 1.54) is 6.07 Å². The number of hydrogen-bond donors (Lipinski definition) is 1. The summed E-state index contributed by atoms with van der Waals surface area (Å²) in [7, 11) is -3.25. The monoisotopic (exact) mass is 312 g/mol. The Morgan fingerprint density at radius 1 is 1.17 bits per heavy atom. The van der Waals surface area contributed by atoms with Gasteiger partial charge in [-0.15, -0.1) is 0 Å². The average Bonchev–Trinajstić information content (AvgIpc) is 2.29. The molecule has 0 radical (unpaired) electrons. The van der Waals surface area contributed by atoms with Crippen LogP contribution in [0.15, 0.2) is 18.2 Å².